The summed E-state index contributed by atoms with van der Waals surface area (Å²) in [7, 11) is 0. The van der Waals surface area contributed by atoms with Crippen LogP contribution in [0.4, 0.5) is 18.7 Å². The molecule has 2 aromatic rings. The molecule has 152 valence electrons. The van der Waals surface area contributed by atoms with Gasteiger partial charge in [-0.1, -0.05) is 11.3 Å². The lowest BCUT2D eigenvalue weighted by Gasteiger charge is -2.39. The summed E-state index contributed by atoms with van der Waals surface area (Å²) < 4.78 is 32.9. The highest BCUT2D eigenvalue weighted by molar-refractivity contribution is 7.22. The molecule has 0 aliphatic carbocycles. The molecule has 1 aromatic heterocycles. The van der Waals surface area contributed by atoms with Crippen molar-refractivity contribution in [2.75, 3.05) is 18.4 Å². The van der Waals surface area contributed by atoms with Crippen molar-refractivity contribution in [1.82, 2.24) is 9.88 Å². The van der Waals surface area contributed by atoms with Gasteiger partial charge in [0.25, 0.3) is 0 Å². The van der Waals surface area contributed by atoms with Gasteiger partial charge in [-0.25, -0.2) is 18.6 Å². The fourth-order valence-electron chi connectivity index (χ4n) is 3.17. The van der Waals surface area contributed by atoms with E-state index in [4.69, 9.17) is 4.74 Å². The molecule has 6 nitrogen and oxygen atoms in total. The Morgan fingerprint density at radius 2 is 2.04 bits per heavy atom. The molecule has 9 heteroatoms. The summed E-state index contributed by atoms with van der Waals surface area (Å²) in [4.78, 5) is 30.8. The summed E-state index contributed by atoms with van der Waals surface area (Å²) in [5, 5.41) is 2.89. The highest BCUT2D eigenvalue weighted by atomic mass is 32.1. The molecule has 1 aromatic carbocycles. The predicted molar refractivity (Wildman–Crippen MR) is 103 cm³/mol. The highest BCUT2D eigenvalue weighted by Crippen LogP contribution is 2.34. The standard InChI is InChI=1S/C19H23F2N3O3S/c1-18(2,3)27-17(26)24-7-5-6-19(4,10-24)15(25)23-16-22-14-12(21)8-11(20)9-13(14)28-16/h8-9H,5-7,10H2,1-4H3,(H,22,23,25). The Kier molecular flexibility index (Phi) is 5.31. The summed E-state index contributed by atoms with van der Waals surface area (Å²) in [6, 6.07) is 1.94. The summed E-state index contributed by atoms with van der Waals surface area (Å²) in [6.07, 6.45) is 0.790. The number of aromatic nitrogens is 1. The van der Waals surface area contributed by atoms with E-state index in [0.29, 0.717) is 24.1 Å². The number of hydrogen-bond acceptors (Lipinski definition) is 5. The first kappa shape index (κ1) is 20.4. The van der Waals surface area contributed by atoms with Gasteiger partial charge >= 0.3 is 6.09 Å². The molecule has 1 unspecified atom stereocenters. The monoisotopic (exact) mass is 411 g/mol. The molecule has 1 aliphatic rings. The number of likely N-dealkylation sites (tertiary alicyclic amines) is 1. The average Bonchev–Trinajstić information content (AvgIpc) is 2.96. The van der Waals surface area contributed by atoms with Crippen LogP contribution < -0.4 is 5.32 Å². The zero-order valence-electron chi connectivity index (χ0n) is 16.3. The van der Waals surface area contributed by atoms with Crippen LogP contribution in [0.1, 0.15) is 40.5 Å². The third-order valence-electron chi connectivity index (χ3n) is 4.53. The zero-order chi connectivity index (χ0) is 20.7. The number of nitrogens with one attached hydrogen (secondary N) is 1. The van der Waals surface area contributed by atoms with Crippen molar-refractivity contribution in [3.05, 3.63) is 23.8 Å². The average molecular weight is 411 g/mol. The Morgan fingerprint density at radius 1 is 1.32 bits per heavy atom. The van der Waals surface area contributed by atoms with E-state index in [1.165, 1.54) is 11.0 Å². The van der Waals surface area contributed by atoms with Crippen LogP contribution >= 0.6 is 11.3 Å². The third-order valence-corrected chi connectivity index (χ3v) is 5.45. The lowest BCUT2D eigenvalue weighted by atomic mass is 9.81. The van der Waals surface area contributed by atoms with Gasteiger partial charge in [-0.3, -0.25) is 4.79 Å². The molecule has 28 heavy (non-hydrogen) atoms. The van der Waals surface area contributed by atoms with Gasteiger partial charge < -0.3 is 15.0 Å². The zero-order valence-corrected chi connectivity index (χ0v) is 17.1. The van der Waals surface area contributed by atoms with Gasteiger partial charge in [0.05, 0.1) is 10.1 Å². The van der Waals surface area contributed by atoms with Crippen LogP contribution in [-0.4, -0.2) is 40.6 Å². The molecule has 0 radical (unpaired) electrons. The Bertz CT molecular complexity index is 925. The molecule has 1 saturated heterocycles. The van der Waals surface area contributed by atoms with E-state index in [2.05, 4.69) is 10.3 Å². The first-order chi connectivity index (χ1) is 13.0. The van der Waals surface area contributed by atoms with Crippen molar-refractivity contribution in [3.63, 3.8) is 0 Å². The van der Waals surface area contributed by atoms with Gasteiger partial charge in [0.15, 0.2) is 10.9 Å². The van der Waals surface area contributed by atoms with Crippen LogP contribution in [0.3, 0.4) is 0 Å². The van der Waals surface area contributed by atoms with Gasteiger partial charge in [-0.15, -0.1) is 0 Å². The Balaban J connectivity index is 1.74. The SMILES string of the molecule is CC(C)(C)OC(=O)N1CCCC(C)(C(=O)Nc2nc3c(F)cc(F)cc3s2)C1. The molecule has 1 fully saturated rings. The molecule has 3 rings (SSSR count). The molecule has 1 atom stereocenters. The van der Waals surface area contributed by atoms with Gasteiger partial charge in [0.1, 0.15) is 16.9 Å². The van der Waals surface area contributed by atoms with Crippen LogP contribution in [0.15, 0.2) is 12.1 Å². The molecular formula is C19H23F2N3O3S. The van der Waals surface area contributed by atoms with E-state index in [1.54, 1.807) is 27.7 Å². The van der Waals surface area contributed by atoms with Gasteiger partial charge in [0, 0.05) is 19.2 Å². The number of ether oxygens (including phenoxy) is 1. The molecule has 0 spiro atoms. The minimum absolute atomic E-state index is 0.0193. The second-order valence-electron chi connectivity index (χ2n) is 8.27. The molecule has 1 N–H and O–H groups in total. The fourth-order valence-corrected chi connectivity index (χ4v) is 4.07. The number of fused-ring (bicyclic) bond motifs is 1. The second kappa shape index (κ2) is 7.27. The lowest BCUT2D eigenvalue weighted by molar-refractivity contribution is -0.127. The quantitative estimate of drug-likeness (QED) is 0.787. The molecule has 0 bridgehead atoms. The molecular weight excluding hydrogens is 388 g/mol. The summed E-state index contributed by atoms with van der Waals surface area (Å²) >= 11 is 1.00. The van der Waals surface area contributed by atoms with Crippen LogP contribution in [0, 0.1) is 17.0 Å². The van der Waals surface area contributed by atoms with Crippen molar-refractivity contribution >= 4 is 38.7 Å². The van der Waals surface area contributed by atoms with Crippen molar-refractivity contribution < 1.29 is 23.1 Å². The van der Waals surface area contributed by atoms with E-state index in [-0.39, 0.29) is 23.1 Å². The number of carbonyl (C=O) groups is 2. The normalized spacial score (nSPS) is 20.3. The maximum absolute atomic E-state index is 13.8. The van der Waals surface area contributed by atoms with E-state index >= 15 is 0 Å². The summed E-state index contributed by atoms with van der Waals surface area (Å²) in [5.41, 5.74) is -1.43. The number of hydrogen-bond donors (Lipinski definition) is 1. The van der Waals surface area contributed by atoms with Crippen LogP contribution in [-0.2, 0) is 9.53 Å². The molecule has 1 aliphatic heterocycles. The van der Waals surface area contributed by atoms with E-state index in [1.807, 2.05) is 0 Å². The second-order valence-corrected chi connectivity index (χ2v) is 9.30. The number of thiazole rings is 1. The van der Waals surface area contributed by atoms with Crippen LogP contribution in [0.5, 0.6) is 0 Å². The maximum atomic E-state index is 13.8. The fraction of sp³-hybridized carbons (Fsp3) is 0.526. The third kappa shape index (κ3) is 4.40. The molecule has 0 saturated carbocycles. The Morgan fingerprint density at radius 3 is 2.71 bits per heavy atom. The minimum Gasteiger partial charge on any atom is -0.444 e. The van der Waals surface area contributed by atoms with Crippen molar-refractivity contribution in [2.45, 2.75) is 46.1 Å². The number of rotatable bonds is 2. The van der Waals surface area contributed by atoms with Gasteiger partial charge in [0.2, 0.25) is 5.91 Å². The maximum Gasteiger partial charge on any atom is 0.410 e. The smallest absolute Gasteiger partial charge is 0.410 e. The highest BCUT2D eigenvalue weighted by Gasteiger charge is 2.40. The lowest BCUT2D eigenvalue weighted by Crippen LogP contribution is -2.51. The summed E-state index contributed by atoms with van der Waals surface area (Å²) in [6.45, 7) is 7.86. The van der Waals surface area contributed by atoms with Gasteiger partial charge in [-0.05, 0) is 46.6 Å². The summed E-state index contributed by atoms with van der Waals surface area (Å²) in [5.74, 6) is -1.79. The number of anilines is 1. The van der Waals surface area contributed by atoms with Crippen molar-refractivity contribution in [3.8, 4) is 0 Å². The molecule has 2 heterocycles. The van der Waals surface area contributed by atoms with Crippen LogP contribution in [0.2, 0.25) is 0 Å². The number of benzene rings is 1. The predicted octanol–water partition coefficient (Wildman–Crippen LogP) is 4.55. The van der Waals surface area contributed by atoms with E-state index < -0.39 is 28.7 Å². The number of amides is 2. The number of halogens is 2. The Hall–Kier alpha value is -2.29. The molecule has 2 amide bonds. The van der Waals surface area contributed by atoms with Crippen molar-refractivity contribution in [2.24, 2.45) is 5.41 Å². The van der Waals surface area contributed by atoms with E-state index in [9.17, 15) is 18.4 Å². The number of nitrogens with zero attached hydrogens (tertiary/aromatic N) is 2. The van der Waals surface area contributed by atoms with E-state index in [0.717, 1.165) is 17.4 Å². The van der Waals surface area contributed by atoms with Gasteiger partial charge in [-0.2, -0.15) is 0 Å². The number of piperidine rings is 1. The first-order valence-electron chi connectivity index (χ1n) is 9.02. The minimum atomic E-state index is -0.837. The van der Waals surface area contributed by atoms with Crippen LogP contribution in [0.25, 0.3) is 10.2 Å². The van der Waals surface area contributed by atoms with Crippen molar-refractivity contribution in [1.29, 1.82) is 0 Å². The topological polar surface area (TPSA) is 71.5 Å². The number of carbonyl (C=O) groups excluding carboxylic acids is 2. The largest absolute Gasteiger partial charge is 0.444 e. The first-order valence-corrected chi connectivity index (χ1v) is 9.83. The Labute approximate surface area is 165 Å².